The third kappa shape index (κ3) is 2.96. The number of benzene rings is 1. The molecular weight excluding hydrogens is 253 g/mol. The van der Waals surface area contributed by atoms with Crippen LogP contribution in [0.4, 0.5) is 10.1 Å². The van der Waals surface area contributed by atoms with Gasteiger partial charge in [-0.2, -0.15) is 0 Å². The van der Waals surface area contributed by atoms with Crippen molar-refractivity contribution < 1.29 is 9.13 Å². The summed E-state index contributed by atoms with van der Waals surface area (Å²) >= 11 is 5.90. The number of rotatable bonds is 4. The normalized spacial score (nSPS) is 20.2. The van der Waals surface area contributed by atoms with E-state index in [0.29, 0.717) is 17.5 Å². The summed E-state index contributed by atoms with van der Waals surface area (Å²) in [5, 5.41) is 0. The Morgan fingerprint density at radius 3 is 3.06 bits per heavy atom. The Balaban J connectivity index is 2.20. The molecule has 0 amide bonds. The highest BCUT2D eigenvalue weighted by Gasteiger charge is 2.23. The van der Waals surface area contributed by atoms with E-state index in [-0.39, 0.29) is 5.82 Å². The van der Waals surface area contributed by atoms with E-state index in [9.17, 15) is 4.39 Å². The van der Waals surface area contributed by atoms with Crippen LogP contribution >= 0.6 is 11.6 Å². The van der Waals surface area contributed by atoms with Gasteiger partial charge in [0.2, 0.25) is 0 Å². The predicted molar refractivity (Wildman–Crippen MR) is 72.8 cm³/mol. The van der Waals surface area contributed by atoms with E-state index in [1.807, 2.05) is 6.07 Å². The van der Waals surface area contributed by atoms with Gasteiger partial charge in [-0.1, -0.05) is 12.1 Å². The van der Waals surface area contributed by atoms with Crippen molar-refractivity contribution >= 4 is 17.3 Å². The Morgan fingerprint density at radius 2 is 2.33 bits per heavy atom. The van der Waals surface area contributed by atoms with Gasteiger partial charge in [-0.25, -0.2) is 4.39 Å². The van der Waals surface area contributed by atoms with Gasteiger partial charge in [0.1, 0.15) is 5.82 Å². The smallest absolute Gasteiger partial charge is 0.146 e. The van der Waals surface area contributed by atoms with Gasteiger partial charge in [0.15, 0.2) is 0 Å². The van der Waals surface area contributed by atoms with Crippen molar-refractivity contribution in [1.29, 1.82) is 0 Å². The monoisotopic (exact) mass is 271 g/mol. The van der Waals surface area contributed by atoms with E-state index in [0.717, 1.165) is 38.1 Å². The van der Waals surface area contributed by atoms with Crippen LogP contribution in [0.1, 0.15) is 18.4 Å². The Morgan fingerprint density at radius 1 is 1.50 bits per heavy atom. The van der Waals surface area contributed by atoms with Gasteiger partial charge in [-0.05, 0) is 30.4 Å². The molecule has 18 heavy (non-hydrogen) atoms. The molecule has 0 aliphatic carbocycles. The lowest BCUT2D eigenvalue weighted by Crippen LogP contribution is -2.38. The second kappa shape index (κ2) is 6.39. The average Bonchev–Trinajstić information content (AvgIpc) is 2.39. The predicted octanol–water partition coefficient (Wildman–Crippen LogP) is 3.43. The zero-order chi connectivity index (χ0) is 13.0. The van der Waals surface area contributed by atoms with Crippen molar-refractivity contribution in [1.82, 2.24) is 0 Å². The van der Waals surface area contributed by atoms with Crippen molar-refractivity contribution in [3.05, 3.63) is 29.6 Å². The zero-order valence-corrected chi connectivity index (χ0v) is 11.4. The lowest BCUT2D eigenvalue weighted by molar-refractivity contribution is 0.143. The summed E-state index contributed by atoms with van der Waals surface area (Å²) in [5.74, 6) is 0.649. The number of nitrogens with zero attached hydrogens (tertiary/aromatic N) is 1. The summed E-state index contributed by atoms with van der Waals surface area (Å²) in [6.45, 7) is 2.48. The fraction of sp³-hybridized carbons (Fsp3) is 0.571. The molecule has 0 saturated carbocycles. The summed E-state index contributed by atoms with van der Waals surface area (Å²) in [5.41, 5.74) is 1.54. The molecule has 1 unspecified atom stereocenters. The molecule has 2 rings (SSSR count). The molecule has 0 bridgehead atoms. The molecule has 0 aromatic heterocycles. The van der Waals surface area contributed by atoms with Crippen molar-refractivity contribution in [3.63, 3.8) is 0 Å². The van der Waals surface area contributed by atoms with Gasteiger partial charge in [0, 0.05) is 26.1 Å². The van der Waals surface area contributed by atoms with Crippen molar-refractivity contribution in [2.75, 3.05) is 31.7 Å². The van der Waals surface area contributed by atoms with Crippen molar-refractivity contribution in [2.24, 2.45) is 5.92 Å². The fourth-order valence-electron chi connectivity index (χ4n) is 2.66. The van der Waals surface area contributed by atoms with Crippen LogP contribution in [0, 0.1) is 11.7 Å². The van der Waals surface area contributed by atoms with Gasteiger partial charge < -0.3 is 9.64 Å². The Bertz CT molecular complexity index is 397. The molecule has 0 radical (unpaired) electrons. The quantitative estimate of drug-likeness (QED) is 0.778. The summed E-state index contributed by atoms with van der Waals surface area (Å²) in [4.78, 5) is 2.11. The minimum Gasteiger partial charge on any atom is -0.384 e. The van der Waals surface area contributed by atoms with Gasteiger partial charge >= 0.3 is 0 Å². The zero-order valence-electron chi connectivity index (χ0n) is 10.7. The van der Waals surface area contributed by atoms with Crippen LogP contribution < -0.4 is 4.90 Å². The van der Waals surface area contributed by atoms with E-state index in [4.69, 9.17) is 16.3 Å². The first-order valence-corrected chi connectivity index (χ1v) is 6.87. The maximum atomic E-state index is 14.0. The molecule has 4 heteroatoms. The minimum atomic E-state index is -0.175. The Hall–Kier alpha value is -0.800. The number of hydrogen-bond donors (Lipinski definition) is 0. The SMILES string of the molecule is COCC1CCCN(c2c(F)cccc2CCl)C1. The topological polar surface area (TPSA) is 12.5 Å². The first-order chi connectivity index (χ1) is 8.76. The van der Waals surface area contributed by atoms with Crippen LogP contribution in [0.25, 0.3) is 0 Å². The van der Waals surface area contributed by atoms with Gasteiger partial charge in [0.05, 0.1) is 12.3 Å². The summed E-state index contributed by atoms with van der Waals surface area (Å²) in [7, 11) is 1.71. The third-order valence-electron chi connectivity index (χ3n) is 3.45. The molecule has 0 spiro atoms. The second-order valence-electron chi connectivity index (χ2n) is 4.79. The van der Waals surface area contributed by atoms with Crippen LogP contribution in [-0.4, -0.2) is 26.8 Å². The molecule has 1 aliphatic heterocycles. The van der Waals surface area contributed by atoms with Gasteiger partial charge in [-0.15, -0.1) is 11.6 Å². The van der Waals surface area contributed by atoms with Crippen LogP contribution in [0.2, 0.25) is 0 Å². The summed E-state index contributed by atoms with van der Waals surface area (Å²) < 4.78 is 19.2. The van der Waals surface area contributed by atoms with Crippen LogP contribution in [0.15, 0.2) is 18.2 Å². The van der Waals surface area contributed by atoms with Crippen LogP contribution in [-0.2, 0) is 10.6 Å². The van der Waals surface area contributed by atoms with Gasteiger partial charge in [0.25, 0.3) is 0 Å². The number of hydrogen-bond acceptors (Lipinski definition) is 2. The number of halogens is 2. The van der Waals surface area contributed by atoms with Crippen molar-refractivity contribution in [2.45, 2.75) is 18.7 Å². The third-order valence-corrected chi connectivity index (χ3v) is 3.74. The van der Waals surface area contributed by atoms with E-state index in [2.05, 4.69) is 4.90 Å². The number of anilines is 1. The van der Waals surface area contributed by atoms with E-state index in [1.54, 1.807) is 13.2 Å². The molecule has 1 aliphatic rings. The van der Waals surface area contributed by atoms with E-state index in [1.165, 1.54) is 6.07 Å². The minimum absolute atomic E-state index is 0.175. The largest absolute Gasteiger partial charge is 0.384 e. The molecule has 1 atom stereocenters. The molecule has 1 aromatic carbocycles. The Labute approximate surface area is 113 Å². The summed E-state index contributed by atoms with van der Waals surface area (Å²) in [6.07, 6.45) is 2.22. The molecule has 0 N–H and O–H groups in total. The fourth-order valence-corrected chi connectivity index (χ4v) is 2.88. The average molecular weight is 272 g/mol. The Kier molecular flexibility index (Phi) is 4.84. The number of methoxy groups -OCH3 is 1. The highest BCUT2D eigenvalue weighted by Crippen LogP contribution is 2.30. The molecule has 1 heterocycles. The first-order valence-electron chi connectivity index (χ1n) is 6.33. The summed E-state index contributed by atoms with van der Waals surface area (Å²) in [6, 6.07) is 5.11. The lowest BCUT2D eigenvalue weighted by atomic mass is 9.97. The standard InChI is InChI=1S/C14H19ClFNO/c1-18-10-11-4-3-7-17(9-11)14-12(8-15)5-2-6-13(14)16/h2,5-6,11H,3-4,7-10H2,1H3. The molecule has 100 valence electrons. The molecule has 1 aromatic rings. The number of piperidine rings is 1. The highest BCUT2D eigenvalue weighted by atomic mass is 35.5. The molecular formula is C14H19ClFNO. The molecule has 2 nitrogen and oxygen atoms in total. The van der Waals surface area contributed by atoms with Crippen LogP contribution in [0.5, 0.6) is 0 Å². The van der Waals surface area contributed by atoms with Crippen LogP contribution in [0.3, 0.4) is 0 Å². The van der Waals surface area contributed by atoms with Gasteiger partial charge in [-0.3, -0.25) is 0 Å². The number of alkyl halides is 1. The maximum Gasteiger partial charge on any atom is 0.146 e. The van der Waals surface area contributed by atoms with E-state index < -0.39 is 0 Å². The molecule has 1 fully saturated rings. The number of para-hydroxylation sites is 1. The highest BCUT2D eigenvalue weighted by molar-refractivity contribution is 6.17. The second-order valence-corrected chi connectivity index (χ2v) is 5.06. The maximum absolute atomic E-state index is 14.0. The lowest BCUT2D eigenvalue weighted by Gasteiger charge is -2.35. The first kappa shape index (κ1) is 13.6. The molecule has 1 saturated heterocycles. The van der Waals surface area contributed by atoms with E-state index >= 15 is 0 Å². The number of ether oxygens (including phenoxy) is 1. The van der Waals surface area contributed by atoms with Crippen molar-refractivity contribution in [3.8, 4) is 0 Å².